The topological polar surface area (TPSA) is 0 Å². The predicted octanol–water partition coefficient (Wildman–Crippen LogP) is 5.28. The van der Waals surface area contributed by atoms with Crippen LogP contribution >= 0.6 is 0 Å². The van der Waals surface area contributed by atoms with Crippen molar-refractivity contribution in [1.82, 2.24) is 0 Å². The fourth-order valence-electron chi connectivity index (χ4n) is 1.42. The molecule has 1 aliphatic carbocycles. The van der Waals surface area contributed by atoms with Crippen LogP contribution in [0.5, 0.6) is 0 Å². The van der Waals surface area contributed by atoms with Gasteiger partial charge >= 0.3 is 0 Å². The van der Waals surface area contributed by atoms with Crippen LogP contribution in [-0.2, 0) is 0 Å². The Labute approximate surface area is 90.4 Å². The molecule has 0 N–H and O–H groups in total. The fraction of sp³-hybridized carbons (Fsp3) is 0.571. The highest BCUT2D eigenvalue weighted by molar-refractivity contribution is 5.35. The van der Waals surface area contributed by atoms with E-state index in [0.717, 1.165) is 0 Å². The molecule has 0 atom stereocenters. The van der Waals surface area contributed by atoms with E-state index in [1.54, 1.807) is 0 Å². The summed E-state index contributed by atoms with van der Waals surface area (Å²) >= 11 is 0. The molecule has 1 aliphatic rings. The van der Waals surface area contributed by atoms with Crippen molar-refractivity contribution in [1.29, 1.82) is 0 Å². The van der Waals surface area contributed by atoms with Crippen LogP contribution < -0.4 is 0 Å². The lowest BCUT2D eigenvalue weighted by Gasteiger charge is -1.93. The third-order valence-corrected chi connectivity index (χ3v) is 1.92. The highest BCUT2D eigenvalue weighted by atomic mass is 14.1. The van der Waals surface area contributed by atoms with E-state index in [9.17, 15) is 0 Å². The summed E-state index contributed by atoms with van der Waals surface area (Å²) in [7, 11) is 0. The van der Waals surface area contributed by atoms with Crippen molar-refractivity contribution in [2.75, 3.05) is 0 Å². The SMILES string of the molecule is C=CC1=C(/C=C\C)CCC1.CC.CC. The lowest BCUT2D eigenvalue weighted by Crippen LogP contribution is -1.73. The van der Waals surface area contributed by atoms with Gasteiger partial charge in [0.2, 0.25) is 0 Å². The molecule has 0 nitrogen and oxygen atoms in total. The molecule has 0 saturated heterocycles. The summed E-state index contributed by atoms with van der Waals surface area (Å²) in [6.07, 6.45) is 10.1. The molecule has 0 aliphatic heterocycles. The Morgan fingerprint density at radius 2 is 1.50 bits per heavy atom. The van der Waals surface area contributed by atoms with Crippen LogP contribution in [0.4, 0.5) is 0 Å². The fourth-order valence-corrected chi connectivity index (χ4v) is 1.42. The third kappa shape index (κ3) is 5.80. The maximum Gasteiger partial charge on any atom is -0.0273 e. The van der Waals surface area contributed by atoms with Crippen LogP contribution in [0.3, 0.4) is 0 Å². The van der Waals surface area contributed by atoms with Gasteiger partial charge in [0.1, 0.15) is 0 Å². The van der Waals surface area contributed by atoms with Crippen molar-refractivity contribution >= 4 is 0 Å². The standard InChI is InChI=1S/C10H14.2C2H6/c1-3-6-10-8-5-7-9(10)4-2;2*1-2/h3-4,6H,2,5,7-8H2,1H3;2*1-2H3/b6-3-;;. The maximum absolute atomic E-state index is 3.78. The Morgan fingerprint density at radius 1 is 1.00 bits per heavy atom. The van der Waals surface area contributed by atoms with Crippen LogP contribution in [0.25, 0.3) is 0 Å². The number of allylic oxidation sites excluding steroid dienone is 5. The van der Waals surface area contributed by atoms with Crippen molar-refractivity contribution in [3.8, 4) is 0 Å². The lowest BCUT2D eigenvalue weighted by atomic mass is 10.1. The average molecular weight is 194 g/mol. The molecule has 0 unspecified atom stereocenters. The van der Waals surface area contributed by atoms with Gasteiger partial charge in [-0.3, -0.25) is 0 Å². The largest absolute Gasteiger partial charge is 0.0988 e. The van der Waals surface area contributed by atoms with Gasteiger partial charge in [-0.2, -0.15) is 0 Å². The minimum Gasteiger partial charge on any atom is -0.0988 e. The quantitative estimate of drug-likeness (QED) is 0.561. The number of hydrogen-bond acceptors (Lipinski definition) is 0. The summed E-state index contributed by atoms with van der Waals surface area (Å²) in [5.74, 6) is 0. The molecule has 1 rings (SSSR count). The monoisotopic (exact) mass is 194 g/mol. The summed E-state index contributed by atoms with van der Waals surface area (Å²) in [6.45, 7) is 13.8. The van der Waals surface area contributed by atoms with Crippen molar-refractivity contribution in [2.24, 2.45) is 0 Å². The van der Waals surface area contributed by atoms with Gasteiger partial charge in [-0.05, 0) is 37.3 Å². The van der Waals surface area contributed by atoms with Crippen LogP contribution in [-0.4, -0.2) is 0 Å². The first-order chi connectivity index (χ1) is 6.88. The molecule has 0 heterocycles. The molecule has 0 aromatic carbocycles. The summed E-state index contributed by atoms with van der Waals surface area (Å²) in [4.78, 5) is 0. The van der Waals surface area contributed by atoms with Crippen LogP contribution in [0.2, 0.25) is 0 Å². The van der Waals surface area contributed by atoms with Crippen molar-refractivity contribution in [3.05, 3.63) is 36.0 Å². The zero-order valence-corrected chi connectivity index (χ0v) is 10.6. The van der Waals surface area contributed by atoms with Gasteiger partial charge in [0.25, 0.3) is 0 Å². The minimum absolute atomic E-state index is 1.23. The van der Waals surface area contributed by atoms with E-state index in [4.69, 9.17) is 0 Å². The van der Waals surface area contributed by atoms with E-state index in [1.165, 1.54) is 30.4 Å². The third-order valence-electron chi connectivity index (χ3n) is 1.92. The first kappa shape index (κ1) is 15.7. The molecule has 0 saturated carbocycles. The van der Waals surface area contributed by atoms with Gasteiger partial charge in [-0.25, -0.2) is 0 Å². The minimum atomic E-state index is 1.23. The molecular formula is C14H26. The second-order valence-corrected chi connectivity index (χ2v) is 2.61. The van der Waals surface area contributed by atoms with Crippen molar-refractivity contribution in [3.63, 3.8) is 0 Å². The Morgan fingerprint density at radius 3 is 1.93 bits per heavy atom. The first-order valence-electron chi connectivity index (χ1n) is 5.85. The zero-order valence-electron chi connectivity index (χ0n) is 10.6. The van der Waals surface area contributed by atoms with E-state index in [2.05, 4.69) is 25.7 Å². The van der Waals surface area contributed by atoms with Gasteiger partial charge in [0.15, 0.2) is 0 Å². The van der Waals surface area contributed by atoms with E-state index in [0.29, 0.717) is 0 Å². The molecule has 0 fully saturated rings. The molecule has 0 radical (unpaired) electrons. The molecule has 0 bridgehead atoms. The van der Waals surface area contributed by atoms with Gasteiger partial charge < -0.3 is 0 Å². The lowest BCUT2D eigenvalue weighted by molar-refractivity contribution is 0.906. The molecule has 0 aromatic heterocycles. The van der Waals surface area contributed by atoms with E-state index in [1.807, 2.05) is 33.8 Å². The van der Waals surface area contributed by atoms with Crippen molar-refractivity contribution in [2.45, 2.75) is 53.9 Å². The summed E-state index contributed by atoms with van der Waals surface area (Å²) in [5.41, 5.74) is 2.93. The van der Waals surface area contributed by atoms with Gasteiger partial charge in [-0.1, -0.05) is 52.5 Å². The van der Waals surface area contributed by atoms with E-state index in [-0.39, 0.29) is 0 Å². The number of hydrogen-bond donors (Lipinski definition) is 0. The molecule has 82 valence electrons. The number of rotatable bonds is 2. The van der Waals surface area contributed by atoms with Gasteiger partial charge in [-0.15, -0.1) is 0 Å². The molecule has 0 aromatic rings. The van der Waals surface area contributed by atoms with E-state index >= 15 is 0 Å². The highest BCUT2D eigenvalue weighted by Gasteiger charge is 2.07. The normalized spacial score (nSPS) is 14.4. The summed E-state index contributed by atoms with van der Waals surface area (Å²) in [5, 5.41) is 0. The average Bonchev–Trinajstić information content (AvgIpc) is 2.72. The molecular weight excluding hydrogens is 168 g/mol. The summed E-state index contributed by atoms with van der Waals surface area (Å²) in [6, 6.07) is 0. The maximum atomic E-state index is 3.78. The molecule has 0 spiro atoms. The molecule has 14 heavy (non-hydrogen) atoms. The summed E-state index contributed by atoms with van der Waals surface area (Å²) < 4.78 is 0. The first-order valence-corrected chi connectivity index (χ1v) is 5.85. The second kappa shape index (κ2) is 12.2. The Kier molecular flexibility index (Phi) is 13.7. The predicted molar refractivity (Wildman–Crippen MR) is 68.6 cm³/mol. The van der Waals surface area contributed by atoms with Crippen molar-refractivity contribution < 1.29 is 0 Å². The Balaban J connectivity index is 0. The Bertz CT molecular complexity index is 182. The molecule has 0 heteroatoms. The van der Waals surface area contributed by atoms with E-state index < -0.39 is 0 Å². The highest BCUT2D eigenvalue weighted by Crippen LogP contribution is 2.27. The zero-order chi connectivity index (χ0) is 11.4. The van der Waals surface area contributed by atoms with Crippen LogP contribution in [0.15, 0.2) is 36.0 Å². The smallest absolute Gasteiger partial charge is 0.0273 e. The Hall–Kier alpha value is -0.780. The second-order valence-electron chi connectivity index (χ2n) is 2.61. The van der Waals surface area contributed by atoms with Gasteiger partial charge in [0, 0.05) is 0 Å². The van der Waals surface area contributed by atoms with Gasteiger partial charge in [0.05, 0.1) is 0 Å². The molecule has 0 amide bonds. The van der Waals surface area contributed by atoms with Crippen LogP contribution in [0, 0.1) is 0 Å². The van der Waals surface area contributed by atoms with Crippen LogP contribution in [0.1, 0.15) is 53.9 Å².